The Kier molecular flexibility index (Phi) is 8.16. The number of nitrogens with two attached hydrogens (primary N) is 1. The molecule has 1 unspecified atom stereocenters. The highest BCUT2D eigenvalue weighted by Gasteiger charge is 2.29. The van der Waals surface area contributed by atoms with E-state index in [0.29, 0.717) is 25.2 Å². The average molecular weight is 435 g/mol. The van der Waals surface area contributed by atoms with Gasteiger partial charge in [0, 0.05) is 24.9 Å². The van der Waals surface area contributed by atoms with Crippen LogP contribution in [0.1, 0.15) is 36.0 Å². The Hall–Kier alpha value is -3.45. The van der Waals surface area contributed by atoms with Crippen molar-refractivity contribution >= 4 is 29.5 Å². The van der Waals surface area contributed by atoms with Crippen molar-refractivity contribution in [2.24, 2.45) is 5.73 Å². The summed E-state index contributed by atoms with van der Waals surface area (Å²) in [5.74, 6) is -0.834. The maximum absolute atomic E-state index is 13.0. The van der Waals surface area contributed by atoms with Crippen LogP contribution in [0.5, 0.6) is 0 Å². The molecular formula is C25H30N4O3. The van der Waals surface area contributed by atoms with Crippen LogP contribution in [0, 0.1) is 6.92 Å². The van der Waals surface area contributed by atoms with Gasteiger partial charge in [-0.3, -0.25) is 14.4 Å². The molecule has 0 saturated carbocycles. The molecule has 0 radical (unpaired) electrons. The van der Waals surface area contributed by atoms with Crippen LogP contribution in [-0.4, -0.2) is 41.8 Å². The molecule has 7 heteroatoms. The van der Waals surface area contributed by atoms with Crippen molar-refractivity contribution in [2.45, 2.75) is 38.8 Å². The summed E-state index contributed by atoms with van der Waals surface area (Å²) in [5.41, 5.74) is 9.23. The first kappa shape index (κ1) is 23.2. The largest absolute Gasteiger partial charge is 0.341 e. The van der Waals surface area contributed by atoms with Crippen molar-refractivity contribution in [3.8, 4) is 0 Å². The molecule has 168 valence electrons. The van der Waals surface area contributed by atoms with Gasteiger partial charge in [0.15, 0.2) is 0 Å². The van der Waals surface area contributed by atoms with Gasteiger partial charge in [0.05, 0.1) is 6.54 Å². The van der Waals surface area contributed by atoms with Crippen molar-refractivity contribution < 1.29 is 14.4 Å². The first-order valence-corrected chi connectivity index (χ1v) is 10.9. The summed E-state index contributed by atoms with van der Waals surface area (Å²) in [4.78, 5) is 39.4. The van der Waals surface area contributed by atoms with Crippen LogP contribution in [-0.2, 0) is 20.9 Å². The second kappa shape index (κ2) is 11.2. The van der Waals surface area contributed by atoms with E-state index in [1.807, 2.05) is 49.4 Å². The molecule has 1 aliphatic heterocycles. The van der Waals surface area contributed by atoms with Gasteiger partial charge < -0.3 is 21.3 Å². The summed E-state index contributed by atoms with van der Waals surface area (Å²) in [6, 6.07) is 14.5. The number of anilines is 1. The number of likely N-dealkylation sites (tertiary alicyclic amines) is 1. The Morgan fingerprint density at radius 3 is 2.75 bits per heavy atom. The smallest absolute Gasteiger partial charge is 0.245 e. The summed E-state index contributed by atoms with van der Waals surface area (Å²) in [6.07, 6.45) is 5.31. The molecular weight excluding hydrogens is 404 g/mol. The van der Waals surface area contributed by atoms with Gasteiger partial charge in [0.1, 0.15) is 6.04 Å². The molecule has 3 amide bonds. The lowest BCUT2D eigenvalue weighted by Crippen LogP contribution is -2.49. The molecule has 1 saturated heterocycles. The SMILES string of the molecule is Cc1cccc(C=CC(=O)NC2CCCCN(CC(=O)Nc3cccc(CN)c3)C2=O)c1. The van der Waals surface area contributed by atoms with Crippen molar-refractivity contribution in [1.82, 2.24) is 10.2 Å². The van der Waals surface area contributed by atoms with Crippen LogP contribution >= 0.6 is 0 Å². The van der Waals surface area contributed by atoms with E-state index in [2.05, 4.69) is 10.6 Å². The van der Waals surface area contributed by atoms with Gasteiger partial charge in [-0.25, -0.2) is 0 Å². The average Bonchev–Trinajstić information content (AvgIpc) is 2.94. The van der Waals surface area contributed by atoms with E-state index in [9.17, 15) is 14.4 Å². The van der Waals surface area contributed by atoms with E-state index >= 15 is 0 Å². The van der Waals surface area contributed by atoms with Crippen LogP contribution in [0.15, 0.2) is 54.6 Å². The van der Waals surface area contributed by atoms with Crippen LogP contribution in [0.25, 0.3) is 6.08 Å². The summed E-state index contributed by atoms with van der Waals surface area (Å²) in [7, 11) is 0. The highest BCUT2D eigenvalue weighted by Crippen LogP contribution is 2.14. The topological polar surface area (TPSA) is 105 Å². The second-order valence-electron chi connectivity index (χ2n) is 8.02. The molecule has 0 aromatic heterocycles. The molecule has 2 aromatic rings. The number of nitrogens with one attached hydrogen (secondary N) is 2. The van der Waals surface area contributed by atoms with E-state index in [4.69, 9.17) is 5.73 Å². The monoisotopic (exact) mass is 434 g/mol. The summed E-state index contributed by atoms with van der Waals surface area (Å²) >= 11 is 0. The molecule has 1 aliphatic rings. The first-order valence-electron chi connectivity index (χ1n) is 10.9. The first-order chi connectivity index (χ1) is 15.4. The third kappa shape index (κ3) is 6.78. The highest BCUT2D eigenvalue weighted by molar-refractivity contribution is 5.98. The van der Waals surface area contributed by atoms with Crippen molar-refractivity contribution in [3.05, 3.63) is 71.3 Å². The molecule has 32 heavy (non-hydrogen) atoms. The standard InChI is InChI=1S/C25H30N4O3/c1-18-6-4-7-19(14-18)11-12-23(30)28-22-10-2-3-13-29(25(22)32)17-24(31)27-21-9-5-8-20(15-21)16-26/h4-9,11-12,14-15,22H,2-3,10,13,16-17,26H2,1H3,(H,27,31)(H,28,30). The summed E-state index contributed by atoms with van der Waals surface area (Å²) < 4.78 is 0. The minimum atomic E-state index is -0.638. The zero-order valence-corrected chi connectivity index (χ0v) is 18.3. The van der Waals surface area contributed by atoms with Crippen LogP contribution < -0.4 is 16.4 Å². The van der Waals surface area contributed by atoms with Gasteiger partial charge in [-0.1, -0.05) is 42.0 Å². The number of aryl methyl sites for hydroxylation is 1. The normalized spacial score (nSPS) is 16.6. The molecule has 0 aliphatic carbocycles. The Labute approximate surface area is 188 Å². The Morgan fingerprint density at radius 1 is 1.16 bits per heavy atom. The maximum atomic E-state index is 13.0. The summed E-state index contributed by atoms with van der Waals surface area (Å²) in [5, 5.41) is 5.62. The van der Waals surface area contributed by atoms with E-state index in [0.717, 1.165) is 29.5 Å². The third-order valence-corrected chi connectivity index (χ3v) is 5.35. The number of nitrogens with zero attached hydrogens (tertiary/aromatic N) is 1. The Bertz CT molecular complexity index is 1000. The second-order valence-corrected chi connectivity index (χ2v) is 8.02. The molecule has 1 fully saturated rings. The van der Waals surface area contributed by atoms with E-state index in [1.165, 1.54) is 11.0 Å². The molecule has 3 rings (SSSR count). The van der Waals surface area contributed by atoms with Gasteiger partial charge in [-0.05, 0) is 55.5 Å². The molecule has 0 bridgehead atoms. The minimum Gasteiger partial charge on any atom is -0.341 e. The minimum absolute atomic E-state index is 0.0583. The molecule has 1 heterocycles. The molecule has 1 atom stereocenters. The van der Waals surface area contributed by atoms with Crippen LogP contribution in [0.2, 0.25) is 0 Å². The number of hydrogen-bond acceptors (Lipinski definition) is 4. The number of amides is 3. The predicted octanol–water partition coefficient (Wildman–Crippen LogP) is 2.60. The zero-order chi connectivity index (χ0) is 22.9. The number of hydrogen-bond donors (Lipinski definition) is 3. The molecule has 4 N–H and O–H groups in total. The number of benzene rings is 2. The van der Waals surface area contributed by atoms with Gasteiger partial charge in [-0.15, -0.1) is 0 Å². The molecule has 2 aromatic carbocycles. The Balaban J connectivity index is 1.58. The fraction of sp³-hybridized carbons (Fsp3) is 0.320. The molecule has 7 nitrogen and oxygen atoms in total. The van der Waals surface area contributed by atoms with Gasteiger partial charge in [0.2, 0.25) is 17.7 Å². The lowest BCUT2D eigenvalue weighted by Gasteiger charge is -2.24. The zero-order valence-electron chi connectivity index (χ0n) is 18.3. The Morgan fingerprint density at radius 2 is 1.97 bits per heavy atom. The lowest BCUT2D eigenvalue weighted by atomic mass is 10.1. The fourth-order valence-electron chi connectivity index (χ4n) is 3.71. The van der Waals surface area contributed by atoms with Crippen LogP contribution in [0.3, 0.4) is 0 Å². The van der Waals surface area contributed by atoms with Crippen molar-refractivity contribution in [2.75, 3.05) is 18.4 Å². The quantitative estimate of drug-likeness (QED) is 0.583. The van der Waals surface area contributed by atoms with Crippen molar-refractivity contribution in [3.63, 3.8) is 0 Å². The summed E-state index contributed by atoms with van der Waals surface area (Å²) in [6.45, 7) is 2.80. The number of rotatable bonds is 7. The van der Waals surface area contributed by atoms with Crippen molar-refractivity contribution in [1.29, 1.82) is 0 Å². The van der Waals surface area contributed by atoms with Gasteiger partial charge >= 0.3 is 0 Å². The third-order valence-electron chi connectivity index (χ3n) is 5.35. The maximum Gasteiger partial charge on any atom is 0.245 e. The lowest BCUT2D eigenvalue weighted by molar-refractivity contribution is -0.137. The fourth-order valence-corrected chi connectivity index (χ4v) is 3.71. The van der Waals surface area contributed by atoms with Crippen LogP contribution in [0.4, 0.5) is 5.69 Å². The predicted molar refractivity (Wildman–Crippen MR) is 126 cm³/mol. The van der Waals surface area contributed by atoms with E-state index in [1.54, 1.807) is 12.1 Å². The molecule has 0 spiro atoms. The highest BCUT2D eigenvalue weighted by atomic mass is 16.2. The number of carbonyl (C=O) groups excluding carboxylic acids is 3. The van der Waals surface area contributed by atoms with E-state index in [-0.39, 0.29) is 24.3 Å². The number of carbonyl (C=O) groups is 3. The van der Waals surface area contributed by atoms with E-state index < -0.39 is 6.04 Å². The van der Waals surface area contributed by atoms with Gasteiger partial charge in [0.25, 0.3) is 0 Å². The van der Waals surface area contributed by atoms with Gasteiger partial charge in [-0.2, -0.15) is 0 Å².